The molecule has 1 aromatic carbocycles. The van der Waals surface area contributed by atoms with Gasteiger partial charge in [0.25, 0.3) is 0 Å². The van der Waals surface area contributed by atoms with Crippen molar-refractivity contribution in [2.24, 2.45) is 0 Å². The number of likely N-dealkylation sites (N-methyl/N-ethyl adjacent to an activating group) is 1. The van der Waals surface area contributed by atoms with Crippen LogP contribution < -0.4 is 10.1 Å². The number of rotatable bonds is 8. The van der Waals surface area contributed by atoms with Gasteiger partial charge in [-0.3, -0.25) is 14.2 Å². The van der Waals surface area contributed by atoms with Gasteiger partial charge < -0.3 is 19.5 Å². The molecule has 0 bridgehead atoms. The van der Waals surface area contributed by atoms with E-state index in [4.69, 9.17) is 9.26 Å². The van der Waals surface area contributed by atoms with Crippen molar-refractivity contribution in [3.05, 3.63) is 65.2 Å². The molecule has 0 saturated heterocycles. The lowest BCUT2D eigenvalue weighted by Crippen LogP contribution is -2.36. The Balaban J connectivity index is 1.66. The van der Waals surface area contributed by atoms with Gasteiger partial charge in [0.2, 0.25) is 11.8 Å². The number of amides is 2. The zero-order chi connectivity index (χ0) is 23.3. The summed E-state index contributed by atoms with van der Waals surface area (Å²) in [5.74, 6) is 1.63. The number of anilines is 1. The number of hydrogen-bond donors (Lipinski definition) is 1. The van der Waals surface area contributed by atoms with Crippen molar-refractivity contribution in [3.63, 3.8) is 0 Å². The summed E-state index contributed by atoms with van der Waals surface area (Å²) in [5.41, 5.74) is 3.47. The summed E-state index contributed by atoms with van der Waals surface area (Å²) < 4.78 is 12.3. The van der Waals surface area contributed by atoms with E-state index < -0.39 is 0 Å². The van der Waals surface area contributed by atoms with Crippen molar-refractivity contribution in [1.29, 1.82) is 0 Å². The van der Waals surface area contributed by atoms with Crippen molar-refractivity contribution in [2.45, 2.75) is 27.7 Å². The van der Waals surface area contributed by atoms with Crippen LogP contribution in [0, 0.1) is 20.8 Å². The molecule has 0 unspecified atom stereocenters. The van der Waals surface area contributed by atoms with Crippen LogP contribution in [-0.4, -0.2) is 46.6 Å². The Kier molecular flexibility index (Phi) is 7.14. The molecule has 0 aliphatic heterocycles. The zero-order valence-electron chi connectivity index (χ0n) is 19.0. The average molecular weight is 437 g/mol. The predicted octanol–water partition coefficient (Wildman–Crippen LogP) is 3.90. The quantitative estimate of drug-likeness (QED) is 0.541. The summed E-state index contributed by atoms with van der Waals surface area (Å²) in [6, 6.07) is 10.9. The number of carbonyl (C=O) groups excluding carboxylic acids is 2. The highest BCUT2D eigenvalue weighted by atomic mass is 16.5. The first-order valence-electron chi connectivity index (χ1n) is 10.4. The Labute approximate surface area is 187 Å². The monoisotopic (exact) mass is 436 g/mol. The fraction of sp³-hybridized carbons (Fsp3) is 0.292. The van der Waals surface area contributed by atoms with Crippen LogP contribution in [0.1, 0.15) is 29.6 Å². The van der Waals surface area contributed by atoms with Crippen LogP contribution in [0.4, 0.5) is 5.69 Å². The molecule has 3 aromatic rings. The first kappa shape index (κ1) is 22.9. The maximum Gasteiger partial charge on any atom is 0.247 e. The standard InChI is InChI=1S/C24H28N4O4/c1-6-27(15-23(29)25-20-8-10-21(31-5)11-9-20)24(30)12-7-19-13-16(2)28(18(19)4)22-14-17(3)32-26-22/h7-14H,6,15H2,1-5H3,(H,25,29)/b12-7+. The van der Waals surface area contributed by atoms with Crippen molar-refractivity contribution >= 4 is 23.6 Å². The van der Waals surface area contributed by atoms with E-state index in [2.05, 4.69) is 10.5 Å². The molecule has 0 aliphatic rings. The zero-order valence-corrected chi connectivity index (χ0v) is 19.0. The third-order valence-electron chi connectivity index (χ3n) is 5.12. The molecule has 168 valence electrons. The number of benzene rings is 1. The molecular weight excluding hydrogens is 408 g/mol. The molecule has 8 heteroatoms. The van der Waals surface area contributed by atoms with Gasteiger partial charge in [0.05, 0.1) is 7.11 Å². The molecular formula is C24H28N4O4. The molecule has 0 fully saturated rings. The van der Waals surface area contributed by atoms with E-state index >= 15 is 0 Å². The van der Waals surface area contributed by atoms with Gasteiger partial charge in [-0.15, -0.1) is 0 Å². The highest BCUT2D eigenvalue weighted by Crippen LogP contribution is 2.22. The summed E-state index contributed by atoms with van der Waals surface area (Å²) >= 11 is 0. The third-order valence-corrected chi connectivity index (χ3v) is 5.12. The van der Waals surface area contributed by atoms with E-state index in [1.54, 1.807) is 37.5 Å². The Morgan fingerprint density at radius 3 is 2.50 bits per heavy atom. The number of aromatic nitrogens is 2. The number of hydrogen-bond acceptors (Lipinski definition) is 5. The van der Waals surface area contributed by atoms with Crippen LogP contribution in [0.15, 0.2) is 47.0 Å². The van der Waals surface area contributed by atoms with Crippen LogP contribution in [0.2, 0.25) is 0 Å². The fourth-order valence-electron chi connectivity index (χ4n) is 3.43. The van der Waals surface area contributed by atoms with Crippen LogP contribution in [0.5, 0.6) is 5.75 Å². The van der Waals surface area contributed by atoms with Gasteiger partial charge in [-0.25, -0.2) is 0 Å². The largest absolute Gasteiger partial charge is 0.497 e. The highest BCUT2D eigenvalue weighted by molar-refractivity contribution is 5.98. The molecule has 2 amide bonds. The number of aryl methyl sites for hydroxylation is 2. The first-order chi connectivity index (χ1) is 15.3. The third kappa shape index (κ3) is 5.26. The summed E-state index contributed by atoms with van der Waals surface area (Å²) in [7, 11) is 1.58. The molecule has 32 heavy (non-hydrogen) atoms. The molecule has 0 aliphatic carbocycles. The lowest BCUT2D eigenvalue weighted by Gasteiger charge is -2.18. The molecule has 0 radical (unpaired) electrons. The highest BCUT2D eigenvalue weighted by Gasteiger charge is 2.15. The van der Waals surface area contributed by atoms with Crippen LogP contribution in [-0.2, 0) is 9.59 Å². The van der Waals surface area contributed by atoms with Gasteiger partial charge in [-0.05, 0) is 69.7 Å². The molecule has 3 rings (SSSR count). The fourth-order valence-corrected chi connectivity index (χ4v) is 3.43. The van der Waals surface area contributed by atoms with E-state index in [9.17, 15) is 9.59 Å². The van der Waals surface area contributed by atoms with Gasteiger partial charge in [-0.1, -0.05) is 5.16 Å². The number of methoxy groups -OCH3 is 1. The smallest absolute Gasteiger partial charge is 0.247 e. The Morgan fingerprint density at radius 2 is 1.91 bits per heavy atom. The van der Waals surface area contributed by atoms with Crippen molar-refractivity contribution < 1.29 is 18.8 Å². The van der Waals surface area contributed by atoms with E-state index in [1.165, 1.54) is 11.0 Å². The second-order valence-corrected chi connectivity index (χ2v) is 7.42. The number of nitrogens with one attached hydrogen (secondary N) is 1. The molecule has 0 atom stereocenters. The normalized spacial score (nSPS) is 11.0. The van der Waals surface area contributed by atoms with Crippen molar-refractivity contribution in [2.75, 3.05) is 25.5 Å². The summed E-state index contributed by atoms with van der Waals surface area (Å²) in [5, 5.41) is 6.87. The van der Waals surface area contributed by atoms with E-state index in [0.717, 1.165) is 22.7 Å². The summed E-state index contributed by atoms with van der Waals surface area (Å²) in [6.45, 7) is 7.98. The maximum atomic E-state index is 12.7. The van der Waals surface area contributed by atoms with Crippen molar-refractivity contribution in [3.8, 4) is 11.6 Å². The molecule has 0 saturated carbocycles. The van der Waals surface area contributed by atoms with E-state index in [0.29, 0.717) is 23.8 Å². The number of ether oxygens (including phenoxy) is 1. The van der Waals surface area contributed by atoms with Crippen LogP contribution in [0.25, 0.3) is 11.9 Å². The summed E-state index contributed by atoms with van der Waals surface area (Å²) in [4.78, 5) is 26.6. The minimum Gasteiger partial charge on any atom is -0.497 e. The number of carbonyl (C=O) groups is 2. The van der Waals surface area contributed by atoms with Crippen LogP contribution in [0.3, 0.4) is 0 Å². The SMILES string of the molecule is CCN(CC(=O)Nc1ccc(OC)cc1)C(=O)/C=C/c1cc(C)n(-c2cc(C)on2)c1C. The Bertz CT molecular complexity index is 1130. The van der Waals surface area contributed by atoms with Crippen molar-refractivity contribution in [1.82, 2.24) is 14.6 Å². The van der Waals surface area contributed by atoms with Crippen LogP contribution >= 0.6 is 0 Å². The molecule has 8 nitrogen and oxygen atoms in total. The lowest BCUT2D eigenvalue weighted by molar-refractivity contribution is -0.130. The topological polar surface area (TPSA) is 89.6 Å². The second kappa shape index (κ2) is 10.00. The van der Waals surface area contributed by atoms with Gasteiger partial charge in [-0.2, -0.15) is 0 Å². The average Bonchev–Trinajstić information content (AvgIpc) is 3.32. The lowest BCUT2D eigenvalue weighted by atomic mass is 10.2. The molecule has 2 heterocycles. The molecule has 0 spiro atoms. The first-order valence-corrected chi connectivity index (χ1v) is 10.4. The van der Waals surface area contributed by atoms with Gasteiger partial charge in [0.1, 0.15) is 18.1 Å². The van der Waals surface area contributed by atoms with Gasteiger partial charge in [0.15, 0.2) is 5.82 Å². The Hall–Kier alpha value is -3.81. The van der Waals surface area contributed by atoms with Gasteiger partial charge >= 0.3 is 0 Å². The summed E-state index contributed by atoms with van der Waals surface area (Å²) in [6.07, 6.45) is 3.25. The van der Waals surface area contributed by atoms with Gasteiger partial charge in [0, 0.05) is 35.8 Å². The second-order valence-electron chi connectivity index (χ2n) is 7.42. The maximum absolute atomic E-state index is 12.7. The van der Waals surface area contributed by atoms with E-state index in [-0.39, 0.29) is 18.4 Å². The van der Waals surface area contributed by atoms with E-state index in [1.807, 2.05) is 44.4 Å². The predicted molar refractivity (Wildman–Crippen MR) is 123 cm³/mol. The Morgan fingerprint density at radius 1 is 1.19 bits per heavy atom. The number of nitrogens with zero attached hydrogens (tertiary/aromatic N) is 3. The molecule has 2 aromatic heterocycles. The molecule has 1 N–H and O–H groups in total. The minimum absolute atomic E-state index is 0.0387. The minimum atomic E-state index is -0.265.